The molecule has 1 atom stereocenters. The van der Waals surface area contributed by atoms with E-state index >= 15 is 0 Å². The maximum atomic E-state index is 10.9. The Hall–Kier alpha value is -1.69. The average molecular weight is 250 g/mol. The molecule has 0 saturated heterocycles. The van der Waals surface area contributed by atoms with Crippen molar-refractivity contribution >= 4 is 11.5 Å². The van der Waals surface area contributed by atoms with Crippen molar-refractivity contribution in [1.29, 1.82) is 0 Å². The van der Waals surface area contributed by atoms with Gasteiger partial charge in [0, 0.05) is 12.6 Å². The summed E-state index contributed by atoms with van der Waals surface area (Å²) in [6, 6.07) is 3.47. The maximum absolute atomic E-state index is 10.9. The van der Waals surface area contributed by atoms with Gasteiger partial charge in [-0.25, -0.2) is 0 Å². The van der Waals surface area contributed by atoms with Crippen LogP contribution in [0, 0.1) is 16.0 Å². The standard InChI is InChI=1S/C12H18N4O2/c13-8-11(9-4-1-2-5-9)15-10-6-3-7-14-12(10)16(17)18/h3,6-7,9,11,15H,1-2,4-5,8,13H2. The van der Waals surface area contributed by atoms with E-state index in [9.17, 15) is 10.1 Å². The topological polar surface area (TPSA) is 94.1 Å². The number of aromatic nitrogens is 1. The number of nitrogens with zero attached hydrogens (tertiary/aromatic N) is 2. The molecule has 6 heteroatoms. The number of hydrogen-bond acceptors (Lipinski definition) is 5. The van der Waals surface area contributed by atoms with Crippen LogP contribution in [0.15, 0.2) is 18.3 Å². The van der Waals surface area contributed by atoms with Crippen LogP contribution in [0.5, 0.6) is 0 Å². The molecule has 0 aliphatic heterocycles. The number of pyridine rings is 1. The molecule has 98 valence electrons. The number of nitrogens with one attached hydrogen (secondary N) is 1. The molecular formula is C12H18N4O2. The quantitative estimate of drug-likeness (QED) is 0.615. The smallest absolute Gasteiger partial charge is 0.374 e. The second-order valence-electron chi connectivity index (χ2n) is 4.66. The van der Waals surface area contributed by atoms with E-state index in [-0.39, 0.29) is 11.9 Å². The molecule has 6 nitrogen and oxygen atoms in total. The first-order chi connectivity index (χ1) is 8.72. The fourth-order valence-electron chi connectivity index (χ4n) is 2.58. The summed E-state index contributed by atoms with van der Waals surface area (Å²) in [4.78, 5) is 14.2. The molecular weight excluding hydrogens is 232 g/mol. The summed E-state index contributed by atoms with van der Waals surface area (Å²) >= 11 is 0. The van der Waals surface area contributed by atoms with Crippen molar-refractivity contribution in [3.8, 4) is 0 Å². The van der Waals surface area contributed by atoms with E-state index in [1.807, 2.05) is 0 Å². The van der Waals surface area contributed by atoms with Crippen LogP contribution in [0.3, 0.4) is 0 Å². The fourth-order valence-corrected chi connectivity index (χ4v) is 2.58. The zero-order valence-electron chi connectivity index (χ0n) is 10.2. The van der Waals surface area contributed by atoms with E-state index in [4.69, 9.17) is 5.73 Å². The van der Waals surface area contributed by atoms with Crippen LogP contribution < -0.4 is 11.1 Å². The van der Waals surface area contributed by atoms with Crippen LogP contribution in [0.4, 0.5) is 11.5 Å². The highest BCUT2D eigenvalue weighted by atomic mass is 16.6. The van der Waals surface area contributed by atoms with Crippen molar-refractivity contribution in [2.45, 2.75) is 31.7 Å². The van der Waals surface area contributed by atoms with E-state index in [0.29, 0.717) is 18.2 Å². The van der Waals surface area contributed by atoms with Gasteiger partial charge < -0.3 is 21.2 Å². The monoisotopic (exact) mass is 250 g/mol. The second kappa shape index (κ2) is 5.77. The highest BCUT2D eigenvalue weighted by Gasteiger charge is 2.26. The lowest BCUT2D eigenvalue weighted by molar-refractivity contribution is -0.388. The lowest BCUT2D eigenvalue weighted by Gasteiger charge is -2.23. The van der Waals surface area contributed by atoms with E-state index in [2.05, 4.69) is 10.3 Å². The number of nitrogens with two attached hydrogens (primary N) is 1. The zero-order valence-corrected chi connectivity index (χ0v) is 10.2. The van der Waals surface area contributed by atoms with Gasteiger partial charge in [0.25, 0.3) is 0 Å². The molecule has 0 radical (unpaired) electrons. The third-order valence-electron chi connectivity index (χ3n) is 3.52. The molecule has 1 fully saturated rings. The van der Waals surface area contributed by atoms with Gasteiger partial charge in [0.15, 0.2) is 0 Å². The molecule has 18 heavy (non-hydrogen) atoms. The Morgan fingerprint density at radius 3 is 2.89 bits per heavy atom. The lowest BCUT2D eigenvalue weighted by Crippen LogP contribution is -2.35. The Morgan fingerprint density at radius 1 is 1.56 bits per heavy atom. The van der Waals surface area contributed by atoms with E-state index in [1.165, 1.54) is 19.0 Å². The van der Waals surface area contributed by atoms with Crippen LogP contribution in [-0.2, 0) is 0 Å². The summed E-state index contributed by atoms with van der Waals surface area (Å²) in [7, 11) is 0. The predicted octanol–water partition coefficient (Wildman–Crippen LogP) is 1.92. The SMILES string of the molecule is NCC(Nc1cccnc1[N+](=O)[O-])C1CCCC1. The second-order valence-corrected chi connectivity index (χ2v) is 4.66. The first-order valence-corrected chi connectivity index (χ1v) is 6.28. The minimum absolute atomic E-state index is 0.0930. The molecule has 1 aliphatic rings. The molecule has 1 heterocycles. The van der Waals surface area contributed by atoms with Crippen LogP contribution in [0.2, 0.25) is 0 Å². The fraction of sp³-hybridized carbons (Fsp3) is 0.583. The lowest BCUT2D eigenvalue weighted by atomic mass is 9.98. The van der Waals surface area contributed by atoms with Crippen molar-refractivity contribution in [3.05, 3.63) is 28.4 Å². The van der Waals surface area contributed by atoms with Gasteiger partial charge in [-0.15, -0.1) is 0 Å². The van der Waals surface area contributed by atoms with E-state index < -0.39 is 4.92 Å². The number of rotatable bonds is 5. The van der Waals surface area contributed by atoms with Crippen LogP contribution >= 0.6 is 0 Å². The Labute approximate surface area is 106 Å². The van der Waals surface area contributed by atoms with Crippen LogP contribution in [0.1, 0.15) is 25.7 Å². The molecule has 1 aliphatic carbocycles. The predicted molar refractivity (Wildman–Crippen MR) is 69.3 cm³/mol. The summed E-state index contributed by atoms with van der Waals surface area (Å²) in [5.41, 5.74) is 6.24. The van der Waals surface area contributed by atoms with Gasteiger partial charge in [-0.2, -0.15) is 0 Å². The Kier molecular flexibility index (Phi) is 4.09. The Morgan fingerprint density at radius 2 is 2.28 bits per heavy atom. The molecule has 0 amide bonds. The van der Waals surface area contributed by atoms with Gasteiger partial charge in [-0.05, 0) is 40.8 Å². The summed E-state index contributed by atoms with van der Waals surface area (Å²) in [6.07, 6.45) is 6.15. The summed E-state index contributed by atoms with van der Waals surface area (Å²) in [5.74, 6) is 0.378. The van der Waals surface area contributed by atoms with Gasteiger partial charge >= 0.3 is 5.82 Å². The minimum atomic E-state index is -0.468. The minimum Gasteiger partial charge on any atom is -0.374 e. The van der Waals surface area contributed by atoms with Crippen molar-refractivity contribution in [2.24, 2.45) is 11.7 Å². The van der Waals surface area contributed by atoms with Crippen molar-refractivity contribution in [2.75, 3.05) is 11.9 Å². The summed E-state index contributed by atoms with van der Waals surface area (Å²) in [5, 5.41) is 14.1. The Bertz CT molecular complexity index is 418. The van der Waals surface area contributed by atoms with Crippen molar-refractivity contribution < 1.29 is 4.92 Å². The molecule has 0 aromatic carbocycles. The van der Waals surface area contributed by atoms with Crippen molar-refractivity contribution in [1.82, 2.24) is 4.98 Å². The van der Waals surface area contributed by atoms with Gasteiger partial charge in [-0.3, -0.25) is 0 Å². The maximum Gasteiger partial charge on any atom is 0.386 e. The van der Waals surface area contributed by atoms with Crippen LogP contribution in [0.25, 0.3) is 0 Å². The van der Waals surface area contributed by atoms with E-state index in [1.54, 1.807) is 12.1 Å². The molecule has 1 aromatic heterocycles. The largest absolute Gasteiger partial charge is 0.386 e. The number of nitro groups is 1. The summed E-state index contributed by atoms with van der Waals surface area (Å²) in [6.45, 7) is 0.483. The highest BCUT2D eigenvalue weighted by molar-refractivity contribution is 5.57. The Balaban J connectivity index is 2.13. The van der Waals surface area contributed by atoms with Gasteiger partial charge in [-0.1, -0.05) is 12.8 Å². The first-order valence-electron chi connectivity index (χ1n) is 6.28. The van der Waals surface area contributed by atoms with Gasteiger partial charge in [0.2, 0.25) is 0 Å². The van der Waals surface area contributed by atoms with Crippen molar-refractivity contribution in [3.63, 3.8) is 0 Å². The molecule has 1 saturated carbocycles. The molecule has 0 spiro atoms. The van der Waals surface area contributed by atoms with Gasteiger partial charge in [0.05, 0.1) is 0 Å². The molecule has 2 rings (SSSR count). The van der Waals surface area contributed by atoms with Crippen LogP contribution in [-0.4, -0.2) is 22.5 Å². The normalized spacial score (nSPS) is 17.6. The third kappa shape index (κ3) is 2.76. The van der Waals surface area contributed by atoms with Gasteiger partial charge in [0.1, 0.15) is 11.9 Å². The molecule has 1 unspecified atom stereocenters. The zero-order chi connectivity index (χ0) is 13.0. The molecule has 3 N–H and O–H groups in total. The molecule has 0 bridgehead atoms. The first kappa shape index (κ1) is 12.8. The third-order valence-corrected chi connectivity index (χ3v) is 3.52. The number of anilines is 1. The average Bonchev–Trinajstić information content (AvgIpc) is 2.90. The molecule has 1 aromatic rings. The highest BCUT2D eigenvalue weighted by Crippen LogP contribution is 2.30. The number of hydrogen-bond donors (Lipinski definition) is 2. The summed E-state index contributed by atoms with van der Waals surface area (Å²) < 4.78 is 0. The van der Waals surface area contributed by atoms with E-state index in [0.717, 1.165) is 12.8 Å².